The van der Waals surface area contributed by atoms with Crippen LogP contribution in [0.4, 0.5) is 0 Å². The Morgan fingerprint density at radius 2 is 1.61 bits per heavy atom. The minimum absolute atomic E-state index is 0. The summed E-state index contributed by atoms with van der Waals surface area (Å²) in [5.74, 6) is -0.277. The van der Waals surface area contributed by atoms with Gasteiger partial charge in [0, 0.05) is 17.1 Å². The number of nitrogens with zero attached hydrogens (tertiary/aromatic N) is 3. The summed E-state index contributed by atoms with van der Waals surface area (Å²) in [5, 5.41) is 10.3. The number of pyridine rings is 1. The Morgan fingerprint density at radius 3 is 2.32 bits per heavy atom. The molecule has 0 bridgehead atoms. The normalized spacial score (nSPS) is 9.14. The fourth-order valence-electron chi connectivity index (χ4n) is 2.86. The molecule has 0 unspecified atom stereocenters. The molecule has 2 aromatic heterocycles. The SMILES string of the molecule is O=C(O)Cn1c(-c2cccc3cccnc23)nc2ccccc21.[Cl-].[Cl-].[Cl-].[Cl-].[Pt+4]. The number of carbonyl (C=O) groups is 1. The van der Waals surface area contributed by atoms with E-state index in [1.165, 1.54) is 0 Å². The standard InChI is InChI=1S/C18H13N3O2.4ClH.Pt/c22-16(23)11-21-15-9-2-1-8-14(15)20-18(21)13-7-3-5-12-6-4-10-19-17(12)13;;;;;/h1-10H,11H2,(H,22,23);4*1H;/q;;;;;+4/p-4. The average Bonchev–Trinajstić information content (AvgIpc) is 2.92. The number of carboxylic acids is 1. The van der Waals surface area contributed by atoms with Crippen molar-refractivity contribution in [2.24, 2.45) is 0 Å². The van der Waals surface area contributed by atoms with Gasteiger partial charge < -0.3 is 59.3 Å². The molecular formula is C18H13Cl4N3O2Pt. The zero-order valence-electron chi connectivity index (χ0n) is 14.0. The third-order valence-electron chi connectivity index (χ3n) is 3.82. The maximum atomic E-state index is 11.3. The van der Waals surface area contributed by atoms with E-state index in [0.717, 1.165) is 27.5 Å². The van der Waals surface area contributed by atoms with Gasteiger partial charge in [0.2, 0.25) is 0 Å². The van der Waals surface area contributed by atoms with E-state index in [9.17, 15) is 9.90 Å². The summed E-state index contributed by atoms with van der Waals surface area (Å²) in [4.78, 5) is 20.4. The average molecular weight is 640 g/mol. The van der Waals surface area contributed by atoms with Crippen LogP contribution < -0.4 is 49.6 Å². The number of aliphatic carboxylic acids is 1. The molecule has 0 fully saturated rings. The fourth-order valence-corrected chi connectivity index (χ4v) is 2.86. The molecular weight excluding hydrogens is 627 g/mol. The number of para-hydroxylation sites is 3. The van der Waals surface area contributed by atoms with E-state index in [4.69, 9.17) is 0 Å². The third-order valence-corrected chi connectivity index (χ3v) is 3.82. The molecule has 0 aliphatic heterocycles. The van der Waals surface area contributed by atoms with Gasteiger partial charge in [-0.2, -0.15) is 0 Å². The molecule has 1 N–H and O–H groups in total. The van der Waals surface area contributed by atoms with Crippen molar-refractivity contribution in [3.63, 3.8) is 0 Å². The number of aromatic nitrogens is 3. The fraction of sp³-hybridized carbons (Fsp3) is 0.0556. The number of carboxylic acid groups (broad SMARTS) is 1. The smallest absolute Gasteiger partial charge is 1.00 e. The molecule has 0 aliphatic carbocycles. The van der Waals surface area contributed by atoms with Crippen molar-refractivity contribution < 1.29 is 80.6 Å². The molecule has 0 saturated carbocycles. The number of rotatable bonds is 3. The maximum Gasteiger partial charge on any atom is 4.00 e. The van der Waals surface area contributed by atoms with Crippen LogP contribution in [0.1, 0.15) is 0 Å². The largest absolute Gasteiger partial charge is 4.00 e. The molecule has 4 aromatic rings. The molecule has 2 heterocycles. The van der Waals surface area contributed by atoms with Crippen molar-refractivity contribution in [3.8, 4) is 11.4 Å². The second kappa shape index (κ2) is 12.3. The Balaban J connectivity index is 0. The van der Waals surface area contributed by atoms with Gasteiger partial charge in [0.25, 0.3) is 0 Å². The number of imidazole rings is 1. The molecule has 0 saturated heterocycles. The van der Waals surface area contributed by atoms with E-state index in [2.05, 4.69) is 9.97 Å². The second-order valence-electron chi connectivity index (χ2n) is 5.28. The van der Waals surface area contributed by atoms with Crippen LogP contribution in [0.15, 0.2) is 60.8 Å². The predicted octanol–water partition coefficient (Wildman–Crippen LogP) is -8.65. The van der Waals surface area contributed by atoms with Crippen LogP contribution in [0.25, 0.3) is 33.3 Å². The van der Waals surface area contributed by atoms with Gasteiger partial charge >= 0.3 is 27.0 Å². The van der Waals surface area contributed by atoms with Crippen LogP contribution in [0, 0.1) is 0 Å². The summed E-state index contributed by atoms with van der Waals surface area (Å²) in [5.41, 5.74) is 3.23. The molecule has 0 radical (unpaired) electrons. The molecule has 10 heteroatoms. The summed E-state index contributed by atoms with van der Waals surface area (Å²) in [7, 11) is 0. The molecule has 2 aromatic carbocycles. The second-order valence-corrected chi connectivity index (χ2v) is 5.28. The van der Waals surface area contributed by atoms with E-state index >= 15 is 0 Å². The molecule has 5 nitrogen and oxygen atoms in total. The number of benzene rings is 2. The number of hydrogen-bond acceptors (Lipinski definition) is 3. The zero-order chi connectivity index (χ0) is 15.8. The first kappa shape index (κ1) is 28.8. The third kappa shape index (κ3) is 5.37. The molecule has 28 heavy (non-hydrogen) atoms. The maximum absolute atomic E-state index is 11.3. The van der Waals surface area contributed by atoms with Gasteiger partial charge in [0.05, 0.1) is 16.6 Å². The van der Waals surface area contributed by atoms with Crippen molar-refractivity contribution in [1.82, 2.24) is 14.5 Å². The molecule has 4 rings (SSSR count). The van der Waals surface area contributed by atoms with E-state index in [-0.39, 0.29) is 77.2 Å². The molecule has 0 atom stereocenters. The van der Waals surface area contributed by atoms with E-state index in [1.807, 2.05) is 54.6 Å². The van der Waals surface area contributed by atoms with Crippen molar-refractivity contribution in [2.45, 2.75) is 6.54 Å². The number of hydrogen-bond donors (Lipinski definition) is 1. The van der Waals surface area contributed by atoms with Gasteiger partial charge in [-0.1, -0.05) is 30.3 Å². The van der Waals surface area contributed by atoms with Gasteiger partial charge in [0.15, 0.2) is 0 Å². The number of halogens is 4. The Labute approximate surface area is 200 Å². The Hall–Kier alpha value is -1.36. The van der Waals surface area contributed by atoms with Gasteiger partial charge in [-0.3, -0.25) is 9.78 Å². The summed E-state index contributed by atoms with van der Waals surface area (Å²) in [6.45, 7) is -0.140. The molecule has 0 amide bonds. The minimum atomic E-state index is -0.900. The summed E-state index contributed by atoms with van der Waals surface area (Å²) in [6.07, 6.45) is 1.73. The summed E-state index contributed by atoms with van der Waals surface area (Å²) < 4.78 is 1.72. The summed E-state index contributed by atoms with van der Waals surface area (Å²) >= 11 is 0. The van der Waals surface area contributed by atoms with Crippen molar-refractivity contribution in [2.75, 3.05) is 0 Å². The van der Waals surface area contributed by atoms with Crippen molar-refractivity contribution in [3.05, 3.63) is 60.8 Å². The van der Waals surface area contributed by atoms with Crippen LogP contribution in [0.2, 0.25) is 0 Å². The Bertz CT molecular complexity index is 1050. The Morgan fingerprint density at radius 1 is 0.929 bits per heavy atom. The zero-order valence-corrected chi connectivity index (χ0v) is 19.3. The van der Waals surface area contributed by atoms with E-state index in [1.54, 1.807) is 10.8 Å². The topological polar surface area (TPSA) is 68.0 Å². The monoisotopic (exact) mass is 638 g/mol. The van der Waals surface area contributed by atoms with Gasteiger partial charge in [-0.05, 0) is 24.3 Å². The first-order chi connectivity index (χ1) is 11.2. The molecule has 0 aliphatic rings. The van der Waals surface area contributed by atoms with Crippen LogP contribution in [-0.4, -0.2) is 25.6 Å². The predicted molar refractivity (Wildman–Crippen MR) is 88.1 cm³/mol. The van der Waals surface area contributed by atoms with Gasteiger partial charge in [-0.25, -0.2) is 4.98 Å². The van der Waals surface area contributed by atoms with Crippen LogP contribution >= 0.6 is 0 Å². The van der Waals surface area contributed by atoms with Crippen LogP contribution in [0.5, 0.6) is 0 Å². The van der Waals surface area contributed by atoms with E-state index in [0.29, 0.717) is 5.82 Å². The first-order valence-electron chi connectivity index (χ1n) is 7.25. The quantitative estimate of drug-likeness (QED) is 0.242. The van der Waals surface area contributed by atoms with Crippen LogP contribution in [-0.2, 0) is 32.4 Å². The first-order valence-corrected chi connectivity index (χ1v) is 7.25. The molecule has 150 valence electrons. The Kier molecular flexibility index (Phi) is 12.6. The van der Waals surface area contributed by atoms with Gasteiger partial charge in [-0.15, -0.1) is 0 Å². The van der Waals surface area contributed by atoms with Crippen LogP contribution in [0.3, 0.4) is 0 Å². The van der Waals surface area contributed by atoms with Crippen molar-refractivity contribution in [1.29, 1.82) is 0 Å². The minimum Gasteiger partial charge on any atom is -1.00 e. The van der Waals surface area contributed by atoms with Gasteiger partial charge in [0.1, 0.15) is 12.4 Å². The van der Waals surface area contributed by atoms with Crippen molar-refractivity contribution >= 4 is 27.9 Å². The molecule has 0 spiro atoms. The van der Waals surface area contributed by atoms with E-state index < -0.39 is 5.97 Å². The summed E-state index contributed by atoms with van der Waals surface area (Å²) in [6, 6.07) is 17.2. The number of fused-ring (bicyclic) bond motifs is 2.